The molecule has 2 rings (SSSR count). The van der Waals surface area contributed by atoms with Crippen LogP contribution in [-0.4, -0.2) is 54.5 Å². The Kier molecular flexibility index (Phi) is 3.82. The summed E-state index contributed by atoms with van der Waals surface area (Å²) in [6, 6.07) is 0.571. The number of nitrogens with one attached hydrogen (secondary N) is 1. The summed E-state index contributed by atoms with van der Waals surface area (Å²) in [6.07, 6.45) is 0.152. The second-order valence-corrected chi connectivity index (χ2v) is 6.53. The van der Waals surface area contributed by atoms with E-state index < -0.39 is 6.09 Å². The average Bonchev–Trinajstić information content (AvgIpc) is 2.58. The Morgan fingerprint density at radius 2 is 2.11 bits per heavy atom. The highest BCUT2D eigenvalue weighted by Gasteiger charge is 2.40. The maximum Gasteiger partial charge on any atom is 0.404 e. The minimum Gasteiger partial charge on any atom is -0.465 e. The van der Waals surface area contributed by atoms with Gasteiger partial charge in [0.25, 0.3) is 0 Å². The van der Waals surface area contributed by atoms with Crippen molar-refractivity contribution in [3.8, 4) is 0 Å². The summed E-state index contributed by atoms with van der Waals surface area (Å²) in [5.41, 5.74) is -0.0464. The normalized spacial score (nSPS) is 27.8. The molecule has 2 N–H and O–H groups in total. The summed E-state index contributed by atoms with van der Waals surface area (Å²) in [4.78, 5) is 13.4. The molecule has 2 heterocycles. The number of carboxylic acid groups (broad SMARTS) is 1. The number of hydrogen-bond donors (Lipinski definition) is 2. The average molecular weight is 256 g/mol. The van der Waals surface area contributed by atoms with E-state index in [0.717, 1.165) is 32.7 Å². The molecule has 0 aromatic carbocycles. The largest absolute Gasteiger partial charge is 0.465 e. The van der Waals surface area contributed by atoms with E-state index in [9.17, 15) is 4.79 Å². The first-order chi connectivity index (χ1) is 8.38. The predicted molar refractivity (Wildman–Crippen MR) is 68.7 cm³/mol. The highest BCUT2D eigenvalue weighted by molar-refractivity contribution is 5.65. The molecule has 0 spiro atoms. The SMILES string of the molecule is CC(C)(C)[C@@H](NC(=O)O)C1CCN(C2COC2)C1. The Morgan fingerprint density at radius 1 is 1.44 bits per heavy atom. The Hall–Kier alpha value is -0.810. The van der Waals surface area contributed by atoms with Crippen molar-refractivity contribution in [3.05, 3.63) is 0 Å². The number of rotatable bonds is 3. The monoisotopic (exact) mass is 256 g/mol. The Morgan fingerprint density at radius 3 is 2.56 bits per heavy atom. The maximum atomic E-state index is 11.0. The van der Waals surface area contributed by atoms with E-state index in [1.807, 2.05) is 0 Å². The zero-order valence-electron chi connectivity index (χ0n) is 11.5. The quantitative estimate of drug-likeness (QED) is 0.801. The Bertz CT molecular complexity index is 310. The van der Waals surface area contributed by atoms with E-state index in [-0.39, 0.29) is 11.5 Å². The van der Waals surface area contributed by atoms with Crippen LogP contribution in [0, 0.1) is 11.3 Å². The summed E-state index contributed by atoms with van der Waals surface area (Å²) in [7, 11) is 0. The van der Waals surface area contributed by atoms with Crippen molar-refractivity contribution in [3.63, 3.8) is 0 Å². The second-order valence-electron chi connectivity index (χ2n) is 6.53. The number of ether oxygens (including phenoxy) is 1. The van der Waals surface area contributed by atoms with Crippen molar-refractivity contribution in [2.75, 3.05) is 26.3 Å². The van der Waals surface area contributed by atoms with Crippen LogP contribution in [0.25, 0.3) is 0 Å². The molecule has 104 valence electrons. The third-order valence-corrected chi connectivity index (χ3v) is 4.08. The van der Waals surface area contributed by atoms with Crippen LogP contribution in [0.2, 0.25) is 0 Å². The molecule has 5 nitrogen and oxygen atoms in total. The molecule has 1 unspecified atom stereocenters. The van der Waals surface area contributed by atoms with E-state index in [0.29, 0.717) is 12.0 Å². The number of likely N-dealkylation sites (tertiary alicyclic amines) is 1. The summed E-state index contributed by atoms with van der Waals surface area (Å²) >= 11 is 0. The topological polar surface area (TPSA) is 61.8 Å². The van der Waals surface area contributed by atoms with Crippen molar-refractivity contribution in [2.45, 2.75) is 39.3 Å². The fourth-order valence-electron chi connectivity index (χ4n) is 3.03. The van der Waals surface area contributed by atoms with Crippen molar-refractivity contribution in [1.29, 1.82) is 0 Å². The molecule has 0 radical (unpaired) electrons. The number of carbonyl (C=O) groups is 1. The predicted octanol–water partition coefficient (Wildman–Crippen LogP) is 1.39. The second kappa shape index (κ2) is 5.05. The molecule has 0 bridgehead atoms. The molecule has 2 fully saturated rings. The molecule has 0 aromatic rings. The number of nitrogens with zero attached hydrogens (tertiary/aromatic N) is 1. The third-order valence-electron chi connectivity index (χ3n) is 4.08. The van der Waals surface area contributed by atoms with Gasteiger partial charge in [-0.1, -0.05) is 20.8 Å². The lowest BCUT2D eigenvalue weighted by molar-refractivity contribution is -0.0588. The van der Waals surface area contributed by atoms with Gasteiger partial charge in [0.1, 0.15) is 0 Å². The molecule has 18 heavy (non-hydrogen) atoms. The molecule has 0 saturated carbocycles. The zero-order valence-corrected chi connectivity index (χ0v) is 11.5. The van der Waals surface area contributed by atoms with Gasteiger partial charge in [0.15, 0.2) is 0 Å². The van der Waals surface area contributed by atoms with Gasteiger partial charge >= 0.3 is 6.09 Å². The minimum absolute atomic E-state index is 0.0148. The van der Waals surface area contributed by atoms with Gasteiger partial charge in [-0.2, -0.15) is 0 Å². The molecule has 2 atom stereocenters. The van der Waals surface area contributed by atoms with E-state index >= 15 is 0 Å². The molecule has 2 saturated heterocycles. The van der Waals surface area contributed by atoms with Crippen molar-refractivity contribution < 1.29 is 14.6 Å². The van der Waals surface area contributed by atoms with Gasteiger partial charge in [-0.3, -0.25) is 4.90 Å². The fourth-order valence-corrected chi connectivity index (χ4v) is 3.03. The van der Waals surface area contributed by atoms with Crippen LogP contribution in [-0.2, 0) is 4.74 Å². The molecule has 2 aliphatic rings. The maximum absolute atomic E-state index is 11.0. The van der Waals surface area contributed by atoms with Gasteiger partial charge in [-0.15, -0.1) is 0 Å². The van der Waals surface area contributed by atoms with Crippen LogP contribution in [0.4, 0.5) is 4.79 Å². The molecule has 2 aliphatic heterocycles. The summed E-state index contributed by atoms with van der Waals surface area (Å²) < 4.78 is 5.22. The van der Waals surface area contributed by atoms with Crippen LogP contribution in [0.5, 0.6) is 0 Å². The Balaban J connectivity index is 1.96. The van der Waals surface area contributed by atoms with Gasteiger partial charge in [-0.05, 0) is 24.3 Å². The summed E-state index contributed by atoms with van der Waals surface area (Å²) in [6.45, 7) is 10.0. The van der Waals surface area contributed by atoms with Gasteiger partial charge in [0.05, 0.1) is 19.3 Å². The standard InChI is InChI=1S/C13H24N2O3/c1-13(2,3)11(14-12(16)17)9-4-5-15(6-9)10-7-18-8-10/h9-11,14H,4-8H2,1-3H3,(H,16,17)/t9?,11-/m0/s1. The van der Waals surface area contributed by atoms with E-state index in [1.165, 1.54) is 0 Å². The first-order valence-electron chi connectivity index (χ1n) is 6.69. The number of amides is 1. The lowest BCUT2D eigenvalue weighted by atomic mass is 9.78. The van der Waals surface area contributed by atoms with E-state index in [2.05, 4.69) is 31.0 Å². The highest BCUT2D eigenvalue weighted by atomic mass is 16.5. The lowest BCUT2D eigenvalue weighted by Crippen LogP contribution is -2.51. The first-order valence-corrected chi connectivity index (χ1v) is 6.69. The zero-order chi connectivity index (χ0) is 13.3. The van der Waals surface area contributed by atoms with Gasteiger partial charge in [0, 0.05) is 12.6 Å². The molecule has 1 amide bonds. The molecular formula is C13H24N2O3. The van der Waals surface area contributed by atoms with Crippen LogP contribution in [0.3, 0.4) is 0 Å². The van der Waals surface area contributed by atoms with E-state index in [4.69, 9.17) is 9.84 Å². The number of hydrogen-bond acceptors (Lipinski definition) is 3. The first kappa shape index (κ1) is 13.6. The van der Waals surface area contributed by atoms with Crippen LogP contribution in [0.15, 0.2) is 0 Å². The van der Waals surface area contributed by atoms with Crippen LogP contribution < -0.4 is 5.32 Å². The van der Waals surface area contributed by atoms with Crippen molar-refractivity contribution in [2.24, 2.45) is 11.3 Å². The van der Waals surface area contributed by atoms with Crippen LogP contribution >= 0.6 is 0 Å². The smallest absolute Gasteiger partial charge is 0.404 e. The van der Waals surface area contributed by atoms with Gasteiger partial charge < -0.3 is 15.2 Å². The molecular weight excluding hydrogens is 232 g/mol. The highest BCUT2D eigenvalue weighted by Crippen LogP contribution is 2.32. The Labute approximate surface area is 108 Å². The molecule has 0 aliphatic carbocycles. The van der Waals surface area contributed by atoms with Crippen molar-refractivity contribution >= 4 is 6.09 Å². The van der Waals surface area contributed by atoms with Crippen molar-refractivity contribution in [1.82, 2.24) is 10.2 Å². The summed E-state index contributed by atoms with van der Waals surface area (Å²) in [5.74, 6) is 0.404. The van der Waals surface area contributed by atoms with Gasteiger partial charge in [0.2, 0.25) is 0 Å². The van der Waals surface area contributed by atoms with Gasteiger partial charge in [-0.25, -0.2) is 4.79 Å². The van der Waals surface area contributed by atoms with Crippen LogP contribution in [0.1, 0.15) is 27.2 Å². The minimum atomic E-state index is -0.916. The molecule has 0 aromatic heterocycles. The third kappa shape index (κ3) is 2.95. The molecule has 5 heteroatoms. The fraction of sp³-hybridized carbons (Fsp3) is 0.923. The lowest BCUT2D eigenvalue weighted by Gasteiger charge is -2.37. The van der Waals surface area contributed by atoms with E-state index in [1.54, 1.807) is 0 Å². The summed E-state index contributed by atoms with van der Waals surface area (Å²) in [5, 5.41) is 11.7.